The van der Waals surface area contributed by atoms with Crippen molar-refractivity contribution in [1.29, 1.82) is 0 Å². The number of nitrogen functional groups attached to an aromatic ring is 1. The molecule has 22 nitrogen and oxygen atoms in total. The lowest BCUT2D eigenvalue weighted by molar-refractivity contribution is -0.152. The summed E-state index contributed by atoms with van der Waals surface area (Å²) in [7, 11) is -16.6. The average molecular weight is 663 g/mol. The molecule has 0 amide bonds. The molecule has 18 N–H and O–H groups in total. The van der Waals surface area contributed by atoms with Gasteiger partial charge in [0.25, 0.3) is 0 Å². The summed E-state index contributed by atoms with van der Waals surface area (Å²) >= 11 is 0. The van der Waals surface area contributed by atoms with Gasteiger partial charge < -0.3 is 64.1 Å². The summed E-state index contributed by atoms with van der Waals surface area (Å²) in [4.78, 5) is 48.9. The van der Waals surface area contributed by atoms with Crippen molar-refractivity contribution < 1.29 is 60.6 Å². The van der Waals surface area contributed by atoms with E-state index in [1.165, 1.54) is 17.2 Å². The molecule has 25 heteroatoms. The van der Waals surface area contributed by atoms with Gasteiger partial charge in [-0.15, -0.1) is 0 Å². The standard InChI is InChI=1S/C17H20N5O13P3.4H3N/c18-14-11-15(20-7-19-14)22(8-21-11)16-13-12(32-17(33-13)9-4-2-1-3-5-9)10(31-16)6-30-37(26,27)35-38(28,29)34-36(23,24)25;;;;/h1-5,7-8,10,12-13,16-17H,6H2,(H,26,27)(H,28,29)(H2,18,19,20)(H2,23,24,25);4*1H3/t10-,12-,13-,16-,17+;;;;/m1..../s1. The number of fused-ring (bicyclic) bond motifs is 2. The Hall–Kier alpha value is -2.30. The topological polar surface area (TPSA) is 397 Å². The molecule has 0 saturated carbocycles. The van der Waals surface area contributed by atoms with Gasteiger partial charge in [-0.1, -0.05) is 30.3 Å². The molecule has 7 atom stereocenters. The number of ether oxygens (including phenoxy) is 3. The highest BCUT2D eigenvalue weighted by atomic mass is 31.3. The van der Waals surface area contributed by atoms with Gasteiger partial charge in [-0.2, -0.15) is 8.62 Å². The number of phosphoric acid groups is 3. The number of rotatable bonds is 9. The number of nitrogens with zero attached hydrogens (tertiary/aromatic N) is 4. The van der Waals surface area contributed by atoms with Crippen LogP contribution in [0.2, 0.25) is 0 Å². The molecule has 3 aromatic rings. The average Bonchev–Trinajstić information content (AvgIpc) is 3.50. The number of anilines is 1. The molecule has 4 heterocycles. The summed E-state index contributed by atoms with van der Waals surface area (Å²) in [5, 5.41) is 0. The zero-order valence-corrected chi connectivity index (χ0v) is 24.3. The van der Waals surface area contributed by atoms with Crippen molar-refractivity contribution in [2.45, 2.75) is 30.8 Å². The van der Waals surface area contributed by atoms with Gasteiger partial charge in [-0.3, -0.25) is 9.09 Å². The first-order chi connectivity index (χ1) is 17.8. The van der Waals surface area contributed by atoms with Gasteiger partial charge in [0.1, 0.15) is 30.2 Å². The van der Waals surface area contributed by atoms with E-state index in [0.717, 1.165) is 0 Å². The van der Waals surface area contributed by atoms with Gasteiger partial charge in [0, 0.05) is 5.56 Å². The first kappa shape index (κ1) is 37.7. The Morgan fingerprint density at radius 1 is 0.857 bits per heavy atom. The smallest absolute Gasteiger partial charge is 0.382 e. The van der Waals surface area contributed by atoms with E-state index in [9.17, 15) is 23.5 Å². The Bertz CT molecular complexity index is 1480. The number of hydrogen-bond acceptors (Lipinski definition) is 17. The van der Waals surface area contributed by atoms with Gasteiger partial charge in [0.2, 0.25) is 0 Å². The van der Waals surface area contributed by atoms with Crippen molar-refractivity contribution in [1.82, 2.24) is 44.1 Å². The molecular weight excluding hydrogens is 631 g/mol. The van der Waals surface area contributed by atoms with E-state index in [-0.39, 0.29) is 30.4 Å². The Kier molecular flexibility index (Phi) is 12.6. The van der Waals surface area contributed by atoms with Gasteiger partial charge in [0.15, 0.2) is 24.0 Å². The van der Waals surface area contributed by atoms with Gasteiger partial charge in [0.05, 0.1) is 12.9 Å². The Morgan fingerprint density at radius 3 is 2.14 bits per heavy atom. The molecule has 0 aliphatic carbocycles. The van der Waals surface area contributed by atoms with E-state index >= 15 is 0 Å². The SMILES string of the molecule is N.N.N.N.Nc1ncnc2c1ncn2[C@@H]1O[C@H](COP(=O)(O)OP(=O)(O)OP(=O)(O)O)[C@H]2O[C@H](c3ccccc3)O[C@H]21. The fourth-order valence-corrected chi connectivity index (χ4v) is 7.02. The van der Waals surface area contributed by atoms with Crippen LogP contribution in [0.3, 0.4) is 0 Å². The van der Waals surface area contributed by atoms with Gasteiger partial charge in [-0.05, 0) is 0 Å². The summed E-state index contributed by atoms with van der Waals surface area (Å²) in [6.45, 7) is -0.740. The van der Waals surface area contributed by atoms with Crippen LogP contribution in [0.4, 0.5) is 5.82 Å². The third-order valence-corrected chi connectivity index (χ3v) is 9.20. The molecule has 238 valence electrons. The van der Waals surface area contributed by atoms with Crippen LogP contribution < -0.4 is 30.3 Å². The molecule has 2 fully saturated rings. The van der Waals surface area contributed by atoms with E-state index < -0.39 is 60.9 Å². The van der Waals surface area contributed by atoms with Crippen LogP contribution in [-0.4, -0.2) is 64.0 Å². The molecule has 5 rings (SSSR count). The monoisotopic (exact) mass is 663 g/mol. The summed E-state index contributed by atoms with van der Waals surface area (Å²) in [5.41, 5.74) is 7.14. The third-order valence-electron chi connectivity index (χ3n) is 5.40. The van der Waals surface area contributed by atoms with E-state index in [0.29, 0.717) is 16.7 Å². The summed E-state index contributed by atoms with van der Waals surface area (Å²) in [6, 6.07) is 8.89. The minimum absolute atomic E-state index is 0. The maximum absolute atomic E-state index is 12.2. The number of nitrogens with two attached hydrogens (primary N) is 1. The largest absolute Gasteiger partial charge is 0.490 e. The third kappa shape index (κ3) is 8.20. The molecule has 0 spiro atoms. The number of aromatic nitrogens is 4. The predicted octanol–water partition coefficient (Wildman–Crippen LogP) is 1.78. The highest BCUT2D eigenvalue weighted by Gasteiger charge is 2.55. The quantitative estimate of drug-likeness (QED) is 0.147. The van der Waals surface area contributed by atoms with Crippen LogP contribution in [0.25, 0.3) is 11.2 Å². The van der Waals surface area contributed by atoms with E-state index in [1.54, 1.807) is 30.3 Å². The maximum Gasteiger partial charge on any atom is 0.490 e. The maximum atomic E-state index is 12.2. The molecule has 2 aliphatic rings. The molecule has 1 aromatic carbocycles. The normalized spacial score (nSPS) is 26.0. The number of hydrogen-bond donors (Lipinski definition) is 9. The summed E-state index contributed by atoms with van der Waals surface area (Å²) in [6.07, 6.45) is -1.99. The van der Waals surface area contributed by atoms with Crippen molar-refractivity contribution in [3.05, 3.63) is 48.5 Å². The van der Waals surface area contributed by atoms with Crippen molar-refractivity contribution in [2.75, 3.05) is 12.3 Å². The van der Waals surface area contributed by atoms with Crippen molar-refractivity contribution in [2.24, 2.45) is 0 Å². The van der Waals surface area contributed by atoms with Crippen LogP contribution in [0.5, 0.6) is 0 Å². The lowest BCUT2D eigenvalue weighted by Crippen LogP contribution is -2.31. The van der Waals surface area contributed by atoms with Crippen LogP contribution >= 0.6 is 23.5 Å². The minimum atomic E-state index is -5.69. The number of phosphoric ester groups is 1. The molecule has 0 radical (unpaired) electrons. The van der Waals surface area contributed by atoms with Crippen LogP contribution in [0.15, 0.2) is 43.0 Å². The van der Waals surface area contributed by atoms with E-state index in [2.05, 4.69) is 23.6 Å². The molecule has 42 heavy (non-hydrogen) atoms. The second-order valence-corrected chi connectivity index (χ2v) is 12.4. The van der Waals surface area contributed by atoms with Crippen molar-refractivity contribution >= 4 is 40.4 Å². The minimum Gasteiger partial charge on any atom is -0.382 e. The van der Waals surface area contributed by atoms with Gasteiger partial charge >= 0.3 is 23.5 Å². The zero-order valence-electron chi connectivity index (χ0n) is 21.6. The van der Waals surface area contributed by atoms with E-state index in [1.807, 2.05) is 0 Å². The number of imidazole rings is 1. The Morgan fingerprint density at radius 2 is 1.50 bits per heavy atom. The molecule has 2 unspecified atom stereocenters. The highest BCUT2D eigenvalue weighted by Crippen LogP contribution is 2.66. The predicted molar refractivity (Wildman–Crippen MR) is 142 cm³/mol. The molecule has 2 aromatic heterocycles. The number of benzene rings is 1. The Balaban J connectivity index is 0.00000220. The second-order valence-electron chi connectivity index (χ2n) is 7.98. The van der Waals surface area contributed by atoms with E-state index in [4.69, 9.17) is 34.3 Å². The fraction of sp³-hybridized carbons (Fsp3) is 0.353. The van der Waals surface area contributed by atoms with Crippen LogP contribution in [0.1, 0.15) is 18.1 Å². The lowest BCUT2D eigenvalue weighted by Gasteiger charge is -2.22. The molecule has 0 bridgehead atoms. The molecular formula is C17H32N9O13P3. The molecule has 2 aliphatic heterocycles. The first-order valence-electron chi connectivity index (χ1n) is 10.5. The Labute approximate surface area is 237 Å². The highest BCUT2D eigenvalue weighted by molar-refractivity contribution is 7.66. The fourth-order valence-electron chi connectivity index (χ4n) is 3.99. The van der Waals surface area contributed by atoms with Crippen LogP contribution in [0, 0.1) is 0 Å². The summed E-state index contributed by atoms with van der Waals surface area (Å²) in [5.74, 6) is 0.123. The van der Waals surface area contributed by atoms with Crippen molar-refractivity contribution in [3.8, 4) is 0 Å². The molecule has 2 saturated heterocycles. The van der Waals surface area contributed by atoms with Crippen molar-refractivity contribution in [3.63, 3.8) is 0 Å². The van der Waals surface area contributed by atoms with Crippen LogP contribution in [-0.2, 0) is 41.1 Å². The lowest BCUT2D eigenvalue weighted by atomic mass is 10.1. The summed E-state index contributed by atoms with van der Waals surface area (Å²) < 4.78 is 66.6. The first-order valence-corrected chi connectivity index (χ1v) is 15.1. The zero-order chi connectivity index (χ0) is 27.3. The van der Waals surface area contributed by atoms with Gasteiger partial charge in [-0.25, -0.2) is 28.6 Å². The second kappa shape index (κ2) is 14.0.